The van der Waals surface area contributed by atoms with Gasteiger partial charge in [0.1, 0.15) is 11.9 Å². The van der Waals surface area contributed by atoms with Crippen LogP contribution in [0.5, 0.6) is 0 Å². The maximum Gasteiger partial charge on any atom is 0.182 e. The maximum atomic E-state index is 10.6. The number of aromatic nitrogens is 3. The molecule has 5 heteroatoms. The van der Waals surface area contributed by atoms with E-state index in [1.807, 2.05) is 4.68 Å². The third-order valence-electron chi connectivity index (χ3n) is 4.18. The summed E-state index contributed by atoms with van der Waals surface area (Å²) in [7, 11) is 0. The molecule has 5 nitrogen and oxygen atoms in total. The zero-order valence-electron chi connectivity index (χ0n) is 10.9. The van der Waals surface area contributed by atoms with E-state index in [-0.39, 0.29) is 0 Å². The van der Waals surface area contributed by atoms with E-state index in [1.165, 1.54) is 19.3 Å². The van der Waals surface area contributed by atoms with Gasteiger partial charge in [0.2, 0.25) is 0 Å². The minimum Gasteiger partial charge on any atom is -0.382 e. The number of hydrogen-bond donors (Lipinski definition) is 1. The first-order chi connectivity index (χ1) is 8.76. The molecule has 0 aromatic carbocycles. The Kier molecular flexibility index (Phi) is 3.35. The second-order valence-electron chi connectivity index (χ2n) is 5.67. The molecule has 100 valence electrons. The van der Waals surface area contributed by atoms with E-state index in [1.54, 1.807) is 6.33 Å². The quantitative estimate of drug-likeness (QED) is 0.883. The fourth-order valence-electron chi connectivity index (χ4n) is 3.07. The molecule has 0 unspecified atom stereocenters. The molecular weight excluding hydrogens is 228 g/mol. The summed E-state index contributed by atoms with van der Waals surface area (Å²) in [5.74, 6) is 0.626. The van der Waals surface area contributed by atoms with Gasteiger partial charge in [-0.3, -0.25) is 4.90 Å². The Balaban J connectivity index is 1.68. The van der Waals surface area contributed by atoms with Crippen LogP contribution in [0.15, 0.2) is 6.33 Å². The van der Waals surface area contributed by atoms with Gasteiger partial charge >= 0.3 is 0 Å². The van der Waals surface area contributed by atoms with Crippen molar-refractivity contribution in [2.24, 2.45) is 0 Å². The van der Waals surface area contributed by atoms with Crippen LogP contribution in [0.1, 0.15) is 50.8 Å². The third-order valence-corrected chi connectivity index (χ3v) is 4.18. The highest BCUT2D eigenvalue weighted by Gasteiger charge is 2.35. The summed E-state index contributed by atoms with van der Waals surface area (Å²) in [6.07, 6.45) is 9.32. The second-order valence-corrected chi connectivity index (χ2v) is 5.67. The molecule has 1 aromatic heterocycles. The van der Waals surface area contributed by atoms with Gasteiger partial charge < -0.3 is 5.11 Å². The molecule has 3 rings (SSSR count). The van der Waals surface area contributed by atoms with Crippen molar-refractivity contribution in [1.82, 2.24) is 19.7 Å². The minimum absolute atomic E-state index is 0.626. The molecule has 0 bridgehead atoms. The topological polar surface area (TPSA) is 54.2 Å². The molecule has 2 aliphatic rings. The first-order valence-electron chi connectivity index (χ1n) is 7.11. The van der Waals surface area contributed by atoms with Gasteiger partial charge in [-0.25, -0.2) is 9.67 Å². The Morgan fingerprint density at radius 1 is 1.11 bits per heavy atom. The van der Waals surface area contributed by atoms with E-state index in [0.717, 1.165) is 45.4 Å². The molecule has 1 aliphatic heterocycles. The van der Waals surface area contributed by atoms with Crippen LogP contribution in [0.4, 0.5) is 0 Å². The zero-order valence-corrected chi connectivity index (χ0v) is 10.9. The standard InChI is InChI=1S/C13H22N4O/c18-13(6-2-1-3-7-13)12-14-10-17(15-12)11-16-8-4-5-9-16/h10,18H,1-9,11H2. The predicted octanol–water partition coefficient (Wildman–Crippen LogP) is 1.48. The van der Waals surface area contributed by atoms with Gasteiger partial charge in [0, 0.05) is 0 Å². The summed E-state index contributed by atoms with van der Waals surface area (Å²) in [5, 5.41) is 15.0. The van der Waals surface area contributed by atoms with Gasteiger partial charge in [0.05, 0.1) is 6.67 Å². The highest BCUT2D eigenvalue weighted by atomic mass is 16.3. The SMILES string of the molecule is OC1(c2ncn(CN3CCCC3)n2)CCCCC1. The van der Waals surface area contributed by atoms with Crippen molar-refractivity contribution < 1.29 is 5.11 Å². The summed E-state index contributed by atoms with van der Waals surface area (Å²) in [6.45, 7) is 3.11. The number of hydrogen-bond acceptors (Lipinski definition) is 4. The van der Waals surface area contributed by atoms with Gasteiger partial charge in [0.15, 0.2) is 5.82 Å². The normalized spacial score (nSPS) is 24.5. The van der Waals surface area contributed by atoms with Gasteiger partial charge in [-0.1, -0.05) is 19.3 Å². The maximum absolute atomic E-state index is 10.6. The lowest BCUT2D eigenvalue weighted by Crippen LogP contribution is -2.30. The van der Waals surface area contributed by atoms with E-state index in [2.05, 4.69) is 15.0 Å². The van der Waals surface area contributed by atoms with Gasteiger partial charge in [-0.2, -0.15) is 5.10 Å². The Hall–Kier alpha value is -0.940. The highest BCUT2D eigenvalue weighted by Crippen LogP contribution is 2.34. The lowest BCUT2D eigenvalue weighted by Gasteiger charge is -2.29. The van der Waals surface area contributed by atoms with Crippen LogP contribution in [-0.4, -0.2) is 37.9 Å². The van der Waals surface area contributed by atoms with Gasteiger partial charge in [-0.15, -0.1) is 0 Å². The van der Waals surface area contributed by atoms with Crippen molar-refractivity contribution in [3.05, 3.63) is 12.2 Å². The molecule has 0 spiro atoms. The minimum atomic E-state index is -0.769. The highest BCUT2D eigenvalue weighted by molar-refractivity contribution is 5.01. The number of nitrogens with zero attached hydrogens (tertiary/aromatic N) is 4. The molecule has 1 N–H and O–H groups in total. The Morgan fingerprint density at radius 2 is 1.83 bits per heavy atom. The summed E-state index contributed by atoms with van der Waals surface area (Å²) in [5.41, 5.74) is -0.769. The fourth-order valence-corrected chi connectivity index (χ4v) is 3.07. The monoisotopic (exact) mass is 250 g/mol. The Morgan fingerprint density at radius 3 is 2.56 bits per heavy atom. The van der Waals surface area contributed by atoms with Crippen LogP contribution in [0.3, 0.4) is 0 Å². The van der Waals surface area contributed by atoms with Crippen molar-refractivity contribution in [1.29, 1.82) is 0 Å². The van der Waals surface area contributed by atoms with Crippen molar-refractivity contribution in [2.75, 3.05) is 13.1 Å². The van der Waals surface area contributed by atoms with Gasteiger partial charge in [-0.05, 0) is 38.8 Å². The summed E-state index contributed by atoms with van der Waals surface area (Å²) in [6, 6.07) is 0. The van der Waals surface area contributed by atoms with Gasteiger partial charge in [0.25, 0.3) is 0 Å². The van der Waals surface area contributed by atoms with E-state index in [9.17, 15) is 5.11 Å². The molecule has 18 heavy (non-hydrogen) atoms. The fraction of sp³-hybridized carbons (Fsp3) is 0.846. The second kappa shape index (κ2) is 4.97. The van der Waals surface area contributed by atoms with Crippen LogP contribution >= 0.6 is 0 Å². The van der Waals surface area contributed by atoms with E-state index >= 15 is 0 Å². The number of likely N-dealkylation sites (tertiary alicyclic amines) is 1. The summed E-state index contributed by atoms with van der Waals surface area (Å²) < 4.78 is 1.87. The van der Waals surface area contributed by atoms with Crippen molar-refractivity contribution >= 4 is 0 Å². The molecule has 1 aliphatic carbocycles. The van der Waals surface area contributed by atoms with Crippen molar-refractivity contribution in [2.45, 2.75) is 57.2 Å². The first kappa shape index (κ1) is 12.1. The number of aliphatic hydroxyl groups is 1. The Bertz CT molecular complexity index is 391. The Labute approximate surface area is 108 Å². The molecule has 0 radical (unpaired) electrons. The molecule has 1 aromatic rings. The molecule has 1 saturated carbocycles. The predicted molar refractivity (Wildman–Crippen MR) is 67.8 cm³/mol. The molecule has 2 fully saturated rings. The van der Waals surface area contributed by atoms with Crippen LogP contribution in [-0.2, 0) is 12.3 Å². The van der Waals surface area contributed by atoms with Crippen molar-refractivity contribution in [3.63, 3.8) is 0 Å². The largest absolute Gasteiger partial charge is 0.382 e. The lowest BCUT2D eigenvalue weighted by atomic mass is 9.84. The first-order valence-corrected chi connectivity index (χ1v) is 7.11. The average Bonchev–Trinajstić information content (AvgIpc) is 3.02. The van der Waals surface area contributed by atoms with Crippen LogP contribution in [0, 0.1) is 0 Å². The third kappa shape index (κ3) is 2.42. The molecule has 2 heterocycles. The smallest absolute Gasteiger partial charge is 0.182 e. The average molecular weight is 250 g/mol. The number of rotatable bonds is 3. The lowest BCUT2D eigenvalue weighted by molar-refractivity contribution is -0.00926. The van der Waals surface area contributed by atoms with Crippen molar-refractivity contribution in [3.8, 4) is 0 Å². The molecular formula is C13H22N4O. The van der Waals surface area contributed by atoms with E-state index in [0.29, 0.717) is 5.82 Å². The van der Waals surface area contributed by atoms with Crippen LogP contribution in [0.2, 0.25) is 0 Å². The van der Waals surface area contributed by atoms with Crippen LogP contribution < -0.4 is 0 Å². The van der Waals surface area contributed by atoms with E-state index in [4.69, 9.17) is 0 Å². The zero-order chi connectivity index (χ0) is 12.4. The molecule has 1 saturated heterocycles. The summed E-state index contributed by atoms with van der Waals surface area (Å²) in [4.78, 5) is 6.71. The molecule has 0 atom stereocenters. The van der Waals surface area contributed by atoms with Crippen LogP contribution in [0.25, 0.3) is 0 Å². The van der Waals surface area contributed by atoms with E-state index < -0.39 is 5.60 Å². The molecule has 0 amide bonds. The summed E-state index contributed by atoms with van der Waals surface area (Å²) >= 11 is 0.